The highest BCUT2D eigenvalue weighted by atomic mass is 16.5. The first-order valence-corrected chi connectivity index (χ1v) is 7.86. The number of hydrogen-bond acceptors (Lipinski definition) is 3. The van der Waals surface area contributed by atoms with Crippen LogP contribution in [0.3, 0.4) is 0 Å². The molecular weight excluding hydrogens is 264 g/mol. The van der Waals surface area contributed by atoms with Gasteiger partial charge in [0.15, 0.2) is 0 Å². The van der Waals surface area contributed by atoms with Gasteiger partial charge in [0.25, 0.3) is 0 Å². The molecule has 2 aliphatic rings. The van der Waals surface area contributed by atoms with E-state index in [0.717, 1.165) is 38.2 Å². The molecule has 3 rings (SSSR count). The molecule has 2 fully saturated rings. The van der Waals surface area contributed by atoms with Crippen molar-refractivity contribution in [3.63, 3.8) is 0 Å². The van der Waals surface area contributed by atoms with Crippen molar-refractivity contribution in [3.8, 4) is 5.75 Å². The molecule has 1 saturated heterocycles. The molecule has 0 atom stereocenters. The third-order valence-corrected chi connectivity index (χ3v) is 5.00. The Bertz CT molecular complexity index is 505. The molecule has 0 bridgehead atoms. The summed E-state index contributed by atoms with van der Waals surface area (Å²) in [5.41, 5.74) is 1.38. The summed E-state index contributed by atoms with van der Waals surface area (Å²) in [4.78, 5) is 12.1. The molecule has 0 spiro atoms. The molecule has 1 heterocycles. The van der Waals surface area contributed by atoms with Crippen LogP contribution in [0.1, 0.15) is 31.2 Å². The van der Waals surface area contributed by atoms with Gasteiger partial charge in [-0.1, -0.05) is 25.0 Å². The third kappa shape index (κ3) is 2.91. The average molecular weight is 288 g/mol. The van der Waals surface area contributed by atoms with E-state index in [0.29, 0.717) is 0 Å². The topological polar surface area (TPSA) is 50.4 Å². The van der Waals surface area contributed by atoms with Crippen LogP contribution < -0.4 is 15.4 Å². The quantitative estimate of drug-likeness (QED) is 0.869. The van der Waals surface area contributed by atoms with Crippen molar-refractivity contribution in [3.05, 3.63) is 29.8 Å². The summed E-state index contributed by atoms with van der Waals surface area (Å²) in [6.45, 7) is 2.38. The molecule has 114 valence electrons. The molecule has 1 aliphatic heterocycles. The van der Waals surface area contributed by atoms with Gasteiger partial charge in [-0.05, 0) is 30.5 Å². The first kappa shape index (κ1) is 14.4. The summed E-state index contributed by atoms with van der Waals surface area (Å²) in [6.07, 6.45) is 4.75. The number of carbonyl (C=O) groups excluding carboxylic acids is 1. The molecule has 0 aromatic heterocycles. The maximum atomic E-state index is 12.1. The predicted octanol–water partition coefficient (Wildman–Crippen LogP) is 1.84. The molecule has 1 saturated carbocycles. The molecule has 1 aliphatic carbocycles. The van der Waals surface area contributed by atoms with Crippen LogP contribution in [-0.2, 0) is 10.2 Å². The number of hydrogen-bond donors (Lipinski definition) is 2. The largest absolute Gasteiger partial charge is 0.497 e. The van der Waals surface area contributed by atoms with Crippen LogP contribution in [0.15, 0.2) is 24.3 Å². The van der Waals surface area contributed by atoms with Crippen molar-refractivity contribution in [1.29, 1.82) is 0 Å². The van der Waals surface area contributed by atoms with E-state index >= 15 is 0 Å². The van der Waals surface area contributed by atoms with Gasteiger partial charge >= 0.3 is 0 Å². The Balaban J connectivity index is 1.73. The fourth-order valence-corrected chi connectivity index (χ4v) is 3.45. The summed E-state index contributed by atoms with van der Waals surface area (Å²) in [5.74, 6) is 1.25. The Kier molecular flexibility index (Phi) is 4.15. The van der Waals surface area contributed by atoms with Crippen LogP contribution in [0.5, 0.6) is 5.75 Å². The molecule has 0 radical (unpaired) electrons. The normalized spacial score (nSPS) is 20.8. The number of methoxy groups -OCH3 is 1. The number of amides is 1. The van der Waals surface area contributed by atoms with E-state index in [2.05, 4.69) is 22.8 Å². The molecule has 1 aromatic carbocycles. The lowest BCUT2D eigenvalue weighted by molar-refractivity contribution is -0.126. The van der Waals surface area contributed by atoms with Crippen molar-refractivity contribution in [2.24, 2.45) is 5.92 Å². The van der Waals surface area contributed by atoms with E-state index < -0.39 is 0 Å². The standard InChI is InChI=1S/C17H24N2O2/c1-21-15-6-4-5-14(9-15)17(7-2-3-8-17)12-19-16(20)13-10-18-11-13/h4-6,9,13,18H,2-3,7-8,10-12H2,1H3,(H,19,20). The molecule has 2 N–H and O–H groups in total. The Morgan fingerprint density at radius 2 is 2.14 bits per heavy atom. The molecular formula is C17H24N2O2. The lowest BCUT2D eigenvalue weighted by Crippen LogP contribution is -2.52. The summed E-state index contributed by atoms with van der Waals surface area (Å²) < 4.78 is 5.35. The number of carbonyl (C=O) groups is 1. The number of rotatable bonds is 5. The Labute approximate surface area is 126 Å². The van der Waals surface area contributed by atoms with Gasteiger partial charge in [0.05, 0.1) is 13.0 Å². The minimum absolute atomic E-state index is 0.0847. The van der Waals surface area contributed by atoms with Crippen LogP contribution in [0, 0.1) is 5.92 Å². The third-order valence-electron chi connectivity index (χ3n) is 5.00. The van der Waals surface area contributed by atoms with Gasteiger partial charge in [-0.25, -0.2) is 0 Å². The van der Waals surface area contributed by atoms with E-state index in [9.17, 15) is 4.79 Å². The van der Waals surface area contributed by atoms with Crippen molar-refractivity contribution in [2.45, 2.75) is 31.1 Å². The van der Waals surface area contributed by atoms with Crippen molar-refractivity contribution >= 4 is 5.91 Å². The summed E-state index contributed by atoms with van der Waals surface area (Å²) in [5, 5.41) is 6.33. The maximum Gasteiger partial charge on any atom is 0.225 e. The van der Waals surface area contributed by atoms with Crippen LogP contribution >= 0.6 is 0 Å². The van der Waals surface area contributed by atoms with Crippen molar-refractivity contribution in [1.82, 2.24) is 10.6 Å². The average Bonchev–Trinajstić information content (AvgIpc) is 2.93. The Morgan fingerprint density at radius 1 is 1.38 bits per heavy atom. The fourth-order valence-electron chi connectivity index (χ4n) is 3.45. The minimum atomic E-state index is 0.0847. The van der Waals surface area contributed by atoms with E-state index in [1.54, 1.807) is 7.11 Å². The van der Waals surface area contributed by atoms with E-state index in [1.807, 2.05) is 12.1 Å². The fraction of sp³-hybridized carbons (Fsp3) is 0.588. The van der Waals surface area contributed by atoms with Gasteiger partial charge in [0.2, 0.25) is 5.91 Å². The van der Waals surface area contributed by atoms with Crippen molar-refractivity contribution in [2.75, 3.05) is 26.7 Å². The predicted molar refractivity (Wildman–Crippen MR) is 82.5 cm³/mol. The minimum Gasteiger partial charge on any atom is -0.497 e. The highest BCUT2D eigenvalue weighted by Crippen LogP contribution is 2.41. The maximum absolute atomic E-state index is 12.1. The Morgan fingerprint density at radius 3 is 2.76 bits per heavy atom. The van der Waals surface area contributed by atoms with Crippen LogP contribution in [0.25, 0.3) is 0 Å². The van der Waals surface area contributed by atoms with Gasteiger partial charge in [0.1, 0.15) is 5.75 Å². The Hall–Kier alpha value is -1.55. The highest BCUT2D eigenvalue weighted by Gasteiger charge is 2.37. The second-order valence-corrected chi connectivity index (χ2v) is 6.29. The van der Waals surface area contributed by atoms with Gasteiger partial charge < -0.3 is 15.4 Å². The van der Waals surface area contributed by atoms with Crippen molar-refractivity contribution < 1.29 is 9.53 Å². The lowest BCUT2D eigenvalue weighted by atomic mass is 9.78. The lowest BCUT2D eigenvalue weighted by Gasteiger charge is -2.32. The zero-order chi connectivity index (χ0) is 14.7. The van der Waals surface area contributed by atoms with Gasteiger partial charge in [-0.2, -0.15) is 0 Å². The number of nitrogens with one attached hydrogen (secondary N) is 2. The van der Waals surface area contributed by atoms with Crippen LogP contribution in [0.2, 0.25) is 0 Å². The van der Waals surface area contributed by atoms with Gasteiger partial charge in [0, 0.05) is 25.0 Å². The van der Waals surface area contributed by atoms with E-state index in [1.165, 1.54) is 18.4 Å². The van der Waals surface area contributed by atoms with E-state index in [4.69, 9.17) is 4.74 Å². The highest BCUT2D eigenvalue weighted by molar-refractivity contribution is 5.80. The summed E-state index contributed by atoms with van der Waals surface area (Å²) >= 11 is 0. The zero-order valence-corrected chi connectivity index (χ0v) is 12.7. The first-order chi connectivity index (χ1) is 10.2. The molecule has 21 heavy (non-hydrogen) atoms. The summed E-state index contributed by atoms with van der Waals surface area (Å²) in [6, 6.07) is 8.32. The zero-order valence-electron chi connectivity index (χ0n) is 12.7. The smallest absolute Gasteiger partial charge is 0.225 e. The molecule has 1 aromatic rings. The van der Waals surface area contributed by atoms with Crippen LogP contribution in [-0.4, -0.2) is 32.7 Å². The van der Waals surface area contributed by atoms with Gasteiger partial charge in [-0.3, -0.25) is 4.79 Å². The second-order valence-electron chi connectivity index (χ2n) is 6.29. The van der Waals surface area contributed by atoms with Crippen LogP contribution in [0.4, 0.5) is 0 Å². The second kappa shape index (κ2) is 6.06. The number of benzene rings is 1. The number of ether oxygens (including phenoxy) is 1. The molecule has 4 nitrogen and oxygen atoms in total. The first-order valence-electron chi connectivity index (χ1n) is 7.86. The summed E-state index contributed by atoms with van der Waals surface area (Å²) in [7, 11) is 1.70. The molecule has 0 unspecified atom stereocenters. The molecule has 1 amide bonds. The molecule has 4 heteroatoms. The van der Waals surface area contributed by atoms with Gasteiger partial charge in [-0.15, -0.1) is 0 Å². The van der Waals surface area contributed by atoms with E-state index in [-0.39, 0.29) is 17.2 Å². The SMILES string of the molecule is COc1cccc(C2(CNC(=O)C3CNC3)CCCC2)c1. The monoisotopic (exact) mass is 288 g/mol.